The average molecular weight is 389 g/mol. The third-order valence-electron chi connectivity index (χ3n) is 4.22. The SMILES string of the molecule is Fc1ccc(Nc2nc(NC3CCCCC3)ncc2Cl)cc1C(F)(F)F. The fraction of sp³-hybridized carbons (Fsp3) is 0.412. The van der Waals surface area contributed by atoms with Crippen LogP contribution in [0.4, 0.5) is 35.0 Å². The number of nitrogens with one attached hydrogen (secondary N) is 2. The predicted molar refractivity (Wildman–Crippen MR) is 92.2 cm³/mol. The highest BCUT2D eigenvalue weighted by molar-refractivity contribution is 6.32. The molecule has 1 fully saturated rings. The first-order chi connectivity index (χ1) is 12.3. The fourth-order valence-electron chi connectivity index (χ4n) is 2.91. The Labute approximate surface area is 153 Å². The maximum Gasteiger partial charge on any atom is 0.419 e. The molecule has 140 valence electrons. The molecule has 1 aromatic heterocycles. The van der Waals surface area contributed by atoms with Crippen LogP contribution in [0.2, 0.25) is 5.02 Å². The highest BCUT2D eigenvalue weighted by Gasteiger charge is 2.34. The monoisotopic (exact) mass is 388 g/mol. The number of halogens is 5. The molecule has 0 bridgehead atoms. The number of rotatable bonds is 4. The van der Waals surface area contributed by atoms with Gasteiger partial charge < -0.3 is 10.6 Å². The van der Waals surface area contributed by atoms with Crippen molar-refractivity contribution in [3.63, 3.8) is 0 Å². The standard InChI is InChI=1S/C17H17ClF4N4/c18-13-9-23-16(25-10-4-2-1-3-5-10)26-15(13)24-11-6-7-14(19)12(8-11)17(20,21)22/h6-10H,1-5H2,(H2,23,24,25,26). The molecule has 0 unspecified atom stereocenters. The van der Waals surface area contributed by atoms with Gasteiger partial charge in [0.2, 0.25) is 5.95 Å². The number of nitrogens with zero attached hydrogens (tertiary/aromatic N) is 2. The smallest absolute Gasteiger partial charge is 0.351 e. The van der Waals surface area contributed by atoms with Gasteiger partial charge in [0.15, 0.2) is 5.82 Å². The first kappa shape index (κ1) is 18.7. The Morgan fingerprint density at radius 2 is 1.85 bits per heavy atom. The zero-order valence-electron chi connectivity index (χ0n) is 13.7. The van der Waals surface area contributed by atoms with Crippen molar-refractivity contribution in [3.8, 4) is 0 Å². The minimum Gasteiger partial charge on any atom is -0.351 e. The number of hydrogen-bond donors (Lipinski definition) is 2. The van der Waals surface area contributed by atoms with Gasteiger partial charge in [-0.25, -0.2) is 9.37 Å². The molecule has 0 saturated heterocycles. The van der Waals surface area contributed by atoms with E-state index in [1.807, 2.05) is 0 Å². The van der Waals surface area contributed by atoms with E-state index in [-0.39, 0.29) is 22.6 Å². The number of alkyl halides is 3. The van der Waals surface area contributed by atoms with Gasteiger partial charge in [0.05, 0.1) is 11.8 Å². The van der Waals surface area contributed by atoms with E-state index in [2.05, 4.69) is 20.6 Å². The summed E-state index contributed by atoms with van der Waals surface area (Å²) in [6, 6.07) is 2.89. The van der Waals surface area contributed by atoms with Crippen LogP contribution in [0.15, 0.2) is 24.4 Å². The first-order valence-electron chi connectivity index (χ1n) is 8.26. The van der Waals surface area contributed by atoms with Crippen molar-refractivity contribution in [1.82, 2.24) is 9.97 Å². The lowest BCUT2D eigenvalue weighted by molar-refractivity contribution is -0.139. The number of benzene rings is 1. The van der Waals surface area contributed by atoms with Gasteiger partial charge in [-0.2, -0.15) is 18.2 Å². The molecule has 3 rings (SSSR count). The molecule has 0 radical (unpaired) electrons. The zero-order chi connectivity index (χ0) is 18.7. The Balaban J connectivity index is 1.80. The van der Waals surface area contributed by atoms with Crippen LogP contribution in [0.5, 0.6) is 0 Å². The number of hydrogen-bond acceptors (Lipinski definition) is 4. The number of anilines is 3. The Bertz CT molecular complexity index is 776. The first-order valence-corrected chi connectivity index (χ1v) is 8.63. The summed E-state index contributed by atoms with van der Waals surface area (Å²) < 4.78 is 51.9. The van der Waals surface area contributed by atoms with Crippen LogP contribution in [0.25, 0.3) is 0 Å². The van der Waals surface area contributed by atoms with Gasteiger partial charge in [-0.15, -0.1) is 0 Å². The fourth-order valence-corrected chi connectivity index (χ4v) is 3.05. The van der Waals surface area contributed by atoms with E-state index < -0.39 is 17.6 Å². The molecule has 1 aliphatic carbocycles. The van der Waals surface area contributed by atoms with E-state index in [0.29, 0.717) is 12.0 Å². The van der Waals surface area contributed by atoms with Crippen molar-refractivity contribution in [3.05, 3.63) is 40.8 Å². The molecule has 1 aliphatic rings. The number of aromatic nitrogens is 2. The molecule has 4 nitrogen and oxygen atoms in total. The van der Waals surface area contributed by atoms with Crippen molar-refractivity contribution in [2.24, 2.45) is 0 Å². The second kappa shape index (κ2) is 7.65. The summed E-state index contributed by atoms with van der Waals surface area (Å²) in [5, 5.41) is 6.07. The minimum atomic E-state index is -4.79. The van der Waals surface area contributed by atoms with Crippen LogP contribution < -0.4 is 10.6 Å². The van der Waals surface area contributed by atoms with E-state index in [4.69, 9.17) is 11.6 Å². The van der Waals surface area contributed by atoms with Crippen LogP contribution >= 0.6 is 11.6 Å². The minimum absolute atomic E-state index is 0.0305. The highest BCUT2D eigenvalue weighted by atomic mass is 35.5. The summed E-state index contributed by atoms with van der Waals surface area (Å²) in [7, 11) is 0. The van der Waals surface area contributed by atoms with Gasteiger partial charge in [-0.1, -0.05) is 30.9 Å². The Hall–Kier alpha value is -2.09. The van der Waals surface area contributed by atoms with Gasteiger partial charge >= 0.3 is 6.18 Å². The molecular weight excluding hydrogens is 372 g/mol. The lowest BCUT2D eigenvalue weighted by atomic mass is 9.96. The molecule has 9 heteroatoms. The van der Waals surface area contributed by atoms with E-state index in [0.717, 1.165) is 31.7 Å². The maximum atomic E-state index is 13.4. The second-order valence-electron chi connectivity index (χ2n) is 6.19. The summed E-state index contributed by atoms with van der Waals surface area (Å²) >= 11 is 6.04. The molecule has 0 aliphatic heterocycles. The molecule has 0 amide bonds. The summed E-state index contributed by atoms with van der Waals surface area (Å²) in [5.74, 6) is -0.835. The second-order valence-corrected chi connectivity index (χ2v) is 6.59. The van der Waals surface area contributed by atoms with E-state index in [1.165, 1.54) is 18.7 Å². The molecule has 0 spiro atoms. The van der Waals surface area contributed by atoms with E-state index in [1.54, 1.807) is 0 Å². The molecule has 1 heterocycles. The zero-order valence-corrected chi connectivity index (χ0v) is 14.5. The third-order valence-corrected chi connectivity index (χ3v) is 4.49. The molecule has 26 heavy (non-hydrogen) atoms. The van der Waals surface area contributed by atoms with Crippen LogP contribution in [-0.4, -0.2) is 16.0 Å². The van der Waals surface area contributed by atoms with Crippen molar-refractivity contribution >= 4 is 29.1 Å². The van der Waals surface area contributed by atoms with Crippen LogP contribution in [0.3, 0.4) is 0 Å². The summed E-state index contributed by atoms with van der Waals surface area (Å²) in [5.41, 5.74) is -1.32. The Morgan fingerprint density at radius 3 is 2.54 bits per heavy atom. The summed E-state index contributed by atoms with van der Waals surface area (Å²) in [6.45, 7) is 0. The molecule has 0 atom stereocenters. The topological polar surface area (TPSA) is 49.8 Å². The molecular formula is C17H17ClF4N4. The van der Waals surface area contributed by atoms with Crippen molar-refractivity contribution in [2.75, 3.05) is 10.6 Å². The Morgan fingerprint density at radius 1 is 1.12 bits per heavy atom. The van der Waals surface area contributed by atoms with Crippen molar-refractivity contribution in [2.45, 2.75) is 44.3 Å². The normalized spacial score (nSPS) is 15.7. The molecule has 2 aromatic rings. The van der Waals surface area contributed by atoms with Crippen LogP contribution in [-0.2, 0) is 6.18 Å². The maximum absolute atomic E-state index is 13.4. The summed E-state index contributed by atoms with van der Waals surface area (Å²) in [6.07, 6.45) is 2.08. The van der Waals surface area contributed by atoms with Gasteiger partial charge in [0.1, 0.15) is 10.8 Å². The lowest BCUT2D eigenvalue weighted by Gasteiger charge is -2.23. The Kier molecular flexibility index (Phi) is 5.50. The lowest BCUT2D eigenvalue weighted by Crippen LogP contribution is -2.23. The highest BCUT2D eigenvalue weighted by Crippen LogP contribution is 2.34. The van der Waals surface area contributed by atoms with Gasteiger partial charge in [-0.3, -0.25) is 0 Å². The molecule has 2 N–H and O–H groups in total. The van der Waals surface area contributed by atoms with E-state index in [9.17, 15) is 17.6 Å². The predicted octanol–water partition coefficient (Wildman–Crippen LogP) is 5.78. The van der Waals surface area contributed by atoms with E-state index >= 15 is 0 Å². The van der Waals surface area contributed by atoms with Gasteiger partial charge in [0, 0.05) is 11.7 Å². The van der Waals surface area contributed by atoms with Gasteiger partial charge in [-0.05, 0) is 31.0 Å². The average Bonchev–Trinajstić information content (AvgIpc) is 2.59. The van der Waals surface area contributed by atoms with Crippen LogP contribution in [0.1, 0.15) is 37.7 Å². The largest absolute Gasteiger partial charge is 0.419 e. The van der Waals surface area contributed by atoms with Crippen molar-refractivity contribution in [1.29, 1.82) is 0 Å². The molecule has 1 aromatic carbocycles. The molecule has 1 saturated carbocycles. The third kappa shape index (κ3) is 4.55. The van der Waals surface area contributed by atoms with Crippen LogP contribution in [0, 0.1) is 5.82 Å². The van der Waals surface area contributed by atoms with Gasteiger partial charge in [0.25, 0.3) is 0 Å². The van der Waals surface area contributed by atoms with Crippen molar-refractivity contribution < 1.29 is 17.6 Å². The quantitative estimate of drug-likeness (QED) is 0.652. The summed E-state index contributed by atoms with van der Waals surface area (Å²) in [4.78, 5) is 8.35.